The highest BCUT2D eigenvalue weighted by molar-refractivity contribution is 7.99. The summed E-state index contributed by atoms with van der Waals surface area (Å²) in [5.74, 6) is 0.0259. The number of ketones is 2. The highest BCUT2D eigenvalue weighted by atomic mass is 32.2. The average molecular weight is 383 g/mol. The van der Waals surface area contributed by atoms with Crippen LogP contribution >= 0.6 is 11.8 Å². The Hall–Kier alpha value is -2.74. The topological polar surface area (TPSA) is 93.5 Å². The van der Waals surface area contributed by atoms with Crippen molar-refractivity contribution in [3.8, 4) is 5.69 Å². The fourth-order valence-corrected chi connectivity index (χ4v) is 3.81. The first-order chi connectivity index (χ1) is 12.8. The Bertz CT molecular complexity index is 1030. The van der Waals surface area contributed by atoms with Crippen LogP contribution in [0.25, 0.3) is 5.69 Å². The molecule has 0 saturated carbocycles. The van der Waals surface area contributed by atoms with E-state index in [0.717, 1.165) is 11.3 Å². The Morgan fingerprint density at radius 1 is 1.15 bits per heavy atom. The van der Waals surface area contributed by atoms with Crippen LogP contribution in [0.5, 0.6) is 0 Å². The second-order valence-electron chi connectivity index (χ2n) is 6.53. The number of tetrazole rings is 1. The minimum atomic E-state index is -0.0947. The van der Waals surface area contributed by atoms with Gasteiger partial charge in [-0.05, 0) is 73.9 Å². The first kappa shape index (κ1) is 19.0. The number of H-pyrrole nitrogens is 1. The van der Waals surface area contributed by atoms with E-state index in [0.29, 0.717) is 27.7 Å². The van der Waals surface area contributed by atoms with E-state index in [9.17, 15) is 9.59 Å². The number of aromatic nitrogens is 5. The molecule has 0 aliphatic carbocycles. The van der Waals surface area contributed by atoms with Crippen molar-refractivity contribution < 1.29 is 9.59 Å². The molecule has 2 heterocycles. The minimum Gasteiger partial charge on any atom is -0.355 e. The molecule has 0 saturated heterocycles. The number of aromatic amines is 1. The molecular weight excluding hydrogens is 362 g/mol. The summed E-state index contributed by atoms with van der Waals surface area (Å²) in [5, 5.41) is 12.3. The van der Waals surface area contributed by atoms with Crippen LogP contribution in [0.1, 0.15) is 50.2 Å². The molecule has 2 aromatic heterocycles. The van der Waals surface area contributed by atoms with Crippen LogP contribution in [-0.2, 0) is 0 Å². The third kappa shape index (κ3) is 3.71. The maximum atomic E-state index is 12.7. The van der Waals surface area contributed by atoms with Gasteiger partial charge in [0, 0.05) is 11.3 Å². The zero-order chi connectivity index (χ0) is 19.7. The molecule has 0 unspecified atom stereocenters. The maximum Gasteiger partial charge on any atom is 0.214 e. The van der Waals surface area contributed by atoms with Gasteiger partial charge in [0.05, 0.1) is 17.1 Å². The van der Waals surface area contributed by atoms with Crippen molar-refractivity contribution in [3.63, 3.8) is 0 Å². The lowest BCUT2D eigenvalue weighted by Crippen LogP contribution is -2.07. The molecule has 0 spiro atoms. The number of rotatable bonds is 6. The lowest BCUT2D eigenvalue weighted by atomic mass is 10.1. The number of hydrogen-bond acceptors (Lipinski definition) is 6. The van der Waals surface area contributed by atoms with Crippen LogP contribution in [-0.4, -0.2) is 42.5 Å². The Kier molecular flexibility index (Phi) is 5.27. The van der Waals surface area contributed by atoms with Gasteiger partial charge in [0.2, 0.25) is 5.16 Å². The van der Waals surface area contributed by atoms with Crippen LogP contribution in [0.2, 0.25) is 0 Å². The highest BCUT2D eigenvalue weighted by Gasteiger charge is 2.21. The average Bonchev–Trinajstić information content (AvgIpc) is 3.19. The van der Waals surface area contributed by atoms with Crippen molar-refractivity contribution >= 4 is 23.3 Å². The van der Waals surface area contributed by atoms with Gasteiger partial charge >= 0.3 is 0 Å². The molecule has 27 heavy (non-hydrogen) atoms. The number of carbonyl (C=O) groups is 2. The summed E-state index contributed by atoms with van der Waals surface area (Å²) in [5.41, 5.74) is 5.65. The largest absolute Gasteiger partial charge is 0.355 e. The molecule has 3 rings (SSSR count). The Balaban J connectivity index is 1.80. The van der Waals surface area contributed by atoms with E-state index in [1.165, 1.54) is 24.2 Å². The summed E-state index contributed by atoms with van der Waals surface area (Å²) in [6.45, 7) is 9.17. The fraction of sp³-hybridized carbons (Fsp3) is 0.316. The van der Waals surface area contributed by atoms with Gasteiger partial charge in [0.1, 0.15) is 0 Å². The van der Waals surface area contributed by atoms with Gasteiger partial charge in [-0.1, -0.05) is 17.8 Å². The summed E-state index contributed by atoms with van der Waals surface area (Å²) < 4.78 is 1.62. The molecule has 140 valence electrons. The number of nitrogens with one attached hydrogen (secondary N) is 1. The zero-order valence-corrected chi connectivity index (χ0v) is 16.8. The molecule has 0 aliphatic rings. The molecule has 3 aromatic rings. The van der Waals surface area contributed by atoms with Crippen molar-refractivity contribution in [1.29, 1.82) is 0 Å². The molecule has 0 atom stereocenters. The molecule has 0 bridgehead atoms. The van der Waals surface area contributed by atoms with Crippen molar-refractivity contribution in [3.05, 3.63) is 51.8 Å². The molecule has 0 radical (unpaired) electrons. The van der Waals surface area contributed by atoms with Crippen molar-refractivity contribution in [1.82, 2.24) is 25.2 Å². The SMILES string of the molecule is CC(=O)c1c(C)[nH]c(C(=O)CSc2nnnn2-c2ccc(C)c(C)c2)c1C. The maximum absolute atomic E-state index is 12.7. The van der Waals surface area contributed by atoms with Crippen molar-refractivity contribution in [2.45, 2.75) is 39.8 Å². The van der Waals surface area contributed by atoms with E-state index in [2.05, 4.69) is 20.5 Å². The van der Waals surface area contributed by atoms with Gasteiger partial charge in [-0.2, -0.15) is 4.68 Å². The van der Waals surface area contributed by atoms with Crippen LogP contribution in [0.4, 0.5) is 0 Å². The number of Topliss-reactive ketones (excluding diaryl/α,β-unsaturated/α-hetero) is 2. The van der Waals surface area contributed by atoms with Crippen LogP contribution in [0.15, 0.2) is 23.4 Å². The van der Waals surface area contributed by atoms with E-state index >= 15 is 0 Å². The van der Waals surface area contributed by atoms with Crippen molar-refractivity contribution in [2.75, 3.05) is 5.75 Å². The summed E-state index contributed by atoms with van der Waals surface area (Å²) in [6.07, 6.45) is 0. The normalized spacial score (nSPS) is 11.0. The van der Waals surface area contributed by atoms with Gasteiger partial charge in [-0.3, -0.25) is 9.59 Å². The van der Waals surface area contributed by atoms with Gasteiger partial charge in [-0.15, -0.1) is 5.10 Å². The zero-order valence-electron chi connectivity index (χ0n) is 16.0. The Morgan fingerprint density at radius 2 is 1.89 bits per heavy atom. The summed E-state index contributed by atoms with van der Waals surface area (Å²) >= 11 is 1.27. The summed E-state index contributed by atoms with van der Waals surface area (Å²) in [4.78, 5) is 27.5. The fourth-order valence-electron chi connectivity index (χ4n) is 3.05. The second kappa shape index (κ2) is 7.48. The minimum absolute atomic E-state index is 0.0494. The van der Waals surface area contributed by atoms with E-state index in [1.54, 1.807) is 18.5 Å². The van der Waals surface area contributed by atoms with E-state index in [1.807, 2.05) is 32.0 Å². The number of nitrogens with zero attached hydrogens (tertiary/aromatic N) is 4. The van der Waals surface area contributed by atoms with E-state index < -0.39 is 0 Å². The third-order valence-electron chi connectivity index (χ3n) is 4.58. The Morgan fingerprint density at radius 3 is 2.52 bits per heavy atom. The lowest BCUT2D eigenvalue weighted by Gasteiger charge is -2.07. The van der Waals surface area contributed by atoms with Gasteiger partial charge in [0.25, 0.3) is 0 Å². The summed E-state index contributed by atoms with van der Waals surface area (Å²) in [6, 6.07) is 5.97. The number of aryl methyl sites for hydroxylation is 3. The predicted molar refractivity (Wildman–Crippen MR) is 104 cm³/mol. The number of hydrogen-bond donors (Lipinski definition) is 1. The molecule has 1 aromatic carbocycles. The molecule has 0 fully saturated rings. The number of thioether (sulfide) groups is 1. The smallest absolute Gasteiger partial charge is 0.214 e. The quantitative estimate of drug-likeness (QED) is 0.518. The standard InChI is InChI=1S/C19H21N5O2S/c1-10-6-7-15(8-11(10)2)24-19(21-22-23-24)27-9-16(26)18-12(3)17(14(5)25)13(4)20-18/h6-8,20H,9H2,1-5H3. The molecule has 0 aliphatic heterocycles. The van der Waals surface area contributed by atoms with Gasteiger partial charge in [-0.25, -0.2) is 0 Å². The number of benzene rings is 1. The van der Waals surface area contributed by atoms with Gasteiger partial charge < -0.3 is 4.98 Å². The van der Waals surface area contributed by atoms with Crippen LogP contribution < -0.4 is 0 Å². The van der Waals surface area contributed by atoms with Crippen LogP contribution in [0, 0.1) is 27.7 Å². The van der Waals surface area contributed by atoms with E-state index in [4.69, 9.17) is 0 Å². The first-order valence-electron chi connectivity index (χ1n) is 8.51. The number of carbonyl (C=O) groups excluding carboxylic acids is 2. The molecule has 0 amide bonds. The second-order valence-corrected chi connectivity index (χ2v) is 7.48. The molecule has 8 heteroatoms. The van der Waals surface area contributed by atoms with E-state index in [-0.39, 0.29) is 17.3 Å². The van der Waals surface area contributed by atoms with Crippen molar-refractivity contribution in [2.24, 2.45) is 0 Å². The first-order valence-corrected chi connectivity index (χ1v) is 9.50. The highest BCUT2D eigenvalue weighted by Crippen LogP contribution is 2.23. The van der Waals surface area contributed by atoms with Crippen LogP contribution in [0.3, 0.4) is 0 Å². The monoisotopic (exact) mass is 383 g/mol. The lowest BCUT2D eigenvalue weighted by molar-refractivity contribution is 0.101. The Labute approximate surface area is 161 Å². The molecule has 7 nitrogen and oxygen atoms in total. The predicted octanol–water partition coefficient (Wildman–Crippen LogP) is 3.40. The molecule has 1 N–H and O–H groups in total. The summed E-state index contributed by atoms with van der Waals surface area (Å²) in [7, 11) is 0. The third-order valence-corrected chi connectivity index (χ3v) is 5.50. The van der Waals surface area contributed by atoms with Gasteiger partial charge in [0.15, 0.2) is 11.6 Å². The molecular formula is C19H21N5O2S.